The molecule has 1 rings (SSSR count). The lowest BCUT2D eigenvalue weighted by molar-refractivity contribution is -0.137. The molecule has 0 N–H and O–H groups in total. The predicted octanol–water partition coefficient (Wildman–Crippen LogP) is 3.03. The standard InChI is InChI=1S/C11H9F3O2/c1-6-3-9(11(12,13)14)4-8(5-15)10(6)7(2)16/h3-5H,1-2H3. The van der Waals surface area contributed by atoms with Gasteiger partial charge in [0.1, 0.15) is 0 Å². The molecule has 5 heteroatoms. The molecule has 86 valence electrons. The highest BCUT2D eigenvalue weighted by Crippen LogP contribution is 2.31. The van der Waals surface area contributed by atoms with E-state index in [0.717, 1.165) is 6.07 Å². The number of aldehydes is 1. The lowest BCUT2D eigenvalue weighted by Gasteiger charge is -2.11. The maximum absolute atomic E-state index is 12.4. The summed E-state index contributed by atoms with van der Waals surface area (Å²) in [6.07, 6.45) is -4.25. The minimum absolute atomic E-state index is 0.0444. The maximum Gasteiger partial charge on any atom is 0.416 e. The van der Waals surface area contributed by atoms with E-state index in [1.54, 1.807) is 0 Å². The SMILES string of the molecule is CC(=O)c1c(C)cc(C(F)(F)F)cc1C=O. The number of hydrogen-bond acceptors (Lipinski definition) is 2. The van der Waals surface area contributed by atoms with Gasteiger partial charge in [-0.1, -0.05) is 0 Å². The predicted molar refractivity (Wildman–Crippen MR) is 51.6 cm³/mol. The number of carbonyl (C=O) groups is 2. The summed E-state index contributed by atoms with van der Waals surface area (Å²) in [7, 11) is 0. The van der Waals surface area contributed by atoms with Gasteiger partial charge in [0.2, 0.25) is 0 Å². The van der Waals surface area contributed by atoms with Gasteiger partial charge in [0.05, 0.1) is 5.56 Å². The van der Waals surface area contributed by atoms with Crippen molar-refractivity contribution in [3.8, 4) is 0 Å². The molecule has 0 aromatic heterocycles. The van der Waals surface area contributed by atoms with E-state index in [1.165, 1.54) is 13.8 Å². The Morgan fingerprint density at radius 3 is 2.25 bits per heavy atom. The first-order valence-corrected chi connectivity index (χ1v) is 4.45. The lowest BCUT2D eigenvalue weighted by atomic mass is 9.96. The van der Waals surface area contributed by atoms with E-state index in [1.807, 2.05) is 0 Å². The maximum atomic E-state index is 12.4. The van der Waals surface area contributed by atoms with E-state index in [9.17, 15) is 22.8 Å². The summed E-state index contributed by atoms with van der Waals surface area (Å²) in [4.78, 5) is 21.8. The molecule has 1 aromatic rings. The van der Waals surface area contributed by atoms with Crippen molar-refractivity contribution in [1.29, 1.82) is 0 Å². The number of rotatable bonds is 2. The lowest BCUT2D eigenvalue weighted by Crippen LogP contribution is -2.10. The van der Waals surface area contributed by atoms with Crippen LogP contribution < -0.4 is 0 Å². The molecular formula is C11H9F3O2. The van der Waals surface area contributed by atoms with Crippen LogP contribution in [0.2, 0.25) is 0 Å². The van der Waals surface area contributed by atoms with Crippen LogP contribution in [0.1, 0.15) is 38.8 Å². The van der Waals surface area contributed by atoms with Gasteiger partial charge in [-0.15, -0.1) is 0 Å². The Kier molecular flexibility index (Phi) is 3.16. The van der Waals surface area contributed by atoms with Crippen LogP contribution in [0.25, 0.3) is 0 Å². The van der Waals surface area contributed by atoms with Crippen LogP contribution in [-0.4, -0.2) is 12.1 Å². The normalized spacial score (nSPS) is 11.3. The molecule has 0 spiro atoms. The fraction of sp³-hybridized carbons (Fsp3) is 0.273. The van der Waals surface area contributed by atoms with E-state index in [2.05, 4.69) is 0 Å². The minimum atomic E-state index is -4.52. The molecule has 0 radical (unpaired) electrons. The van der Waals surface area contributed by atoms with Gasteiger partial charge in [-0.25, -0.2) is 0 Å². The third-order valence-electron chi connectivity index (χ3n) is 2.17. The van der Waals surface area contributed by atoms with E-state index in [0.29, 0.717) is 6.07 Å². The number of aryl methyl sites for hydroxylation is 1. The van der Waals surface area contributed by atoms with Gasteiger partial charge in [-0.3, -0.25) is 9.59 Å². The van der Waals surface area contributed by atoms with Crippen molar-refractivity contribution in [3.63, 3.8) is 0 Å². The zero-order valence-electron chi connectivity index (χ0n) is 8.68. The molecule has 0 saturated heterocycles. The highest BCUT2D eigenvalue weighted by Gasteiger charge is 2.32. The average molecular weight is 230 g/mol. The summed E-state index contributed by atoms with van der Waals surface area (Å²) >= 11 is 0. The second kappa shape index (κ2) is 4.08. The number of benzene rings is 1. The van der Waals surface area contributed by atoms with Crippen molar-refractivity contribution >= 4 is 12.1 Å². The number of Topliss-reactive ketones (excluding diaryl/α,β-unsaturated/α-hetero) is 1. The fourth-order valence-electron chi connectivity index (χ4n) is 1.55. The molecule has 0 aliphatic rings. The molecule has 0 heterocycles. The number of hydrogen-bond donors (Lipinski definition) is 0. The van der Waals surface area contributed by atoms with Crippen molar-refractivity contribution in [3.05, 3.63) is 34.4 Å². The number of ketones is 1. The summed E-state index contributed by atoms with van der Waals surface area (Å²) in [5.41, 5.74) is -0.940. The summed E-state index contributed by atoms with van der Waals surface area (Å²) in [5.74, 6) is -0.423. The number of alkyl halides is 3. The van der Waals surface area contributed by atoms with E-state index >= 15 is 0 Å². The Hall–Kier alpha value is -1.65. The summed E-state index contributed by atoms with van der Waals surface area (Å²) in [5, 5.41) is 0. The van der Waals surface area contributed by atoms with Crippen LogP contribution in [0.3, 0.4) is 0 Å². The molecule has 2 nitrogen and oxygen atoms in total. The molecule has 1 aromatic carbocycles. The first-order valence-electron chi connectivity index (χ1n) is 4.45. The zero-order valence-corrected chi connectivity index (χ0v) is 8.68. The second-order valence-electron chi connectivity index (χ2n) is 3.43. The molecule has 0 atom stereocenters. The third kappa shape index (κ3) is 2.29. The first-order chi connectivity index (χ1) is 7.27. The highest BCUT2D eigenvalue weighted by atomic mass is 19.4. The highest BCUT2D eigenvalue weighted by molar-refractivity contribution is 6.02. The van der Waals surface area contributed by atoms with E-state index < -0.39 is 17.5 Å². The van der Waals surface area contributed by atoms with Crippen LogP contribution in [-0.2, 0) is 6.18 Å². The molecular weight excluding hydrogens is 221 g/mol. The Labute approximate surface area is 90.1 Å². The number of halogens is 3. The van der Waals surface area contributed by atoms with E-state index in [-0.39, 0.29) is 23.0 Å². The molecule has 0 bridgehead atoms. The zero-order chi connectivity index (χ0) is 12.5. The second-order valence-corrected chi connectivity index (χ2v) is 3.43. The quantitative estimate of drug-likeness (QED) is 0.578. The van der Waals surface area contributed by atoms with Crippen LogP contribution in [0.5, 0.6) is 0 Å². The molecule has 0 unspecified atom stereocenters. The van der Waals surface area contributed by atoms with Crippen molar-refractivity contribution in [2.24, 2.45) is 0 Å². The minimum Gasteiger partial charge on any atom is -0.298 e. The third-order valence-corrected chi connectivity index (χ3v) is 2.17. The molecule has 0 fully saturated rings. The Bertz CT molecular complexity index is 447. The molecule has 16 heavy (non-hydrogen) atoms. The van der Waals surface area contributed by atoms with Crippen molar-refractivity contribution in [2.75, 3.05) is 0 Å². The van der Waals surface area contributed by atoms with Crippen LogP contribution >= 0.6 is 0 Å². The summed E-state index contributed by atoms with van der Waals surface area (Å²) < 4.78 is 37.2. The van der Waals surface area contributed by atoms with Gasteiger partial charge in [-0.05, 0) is 31.5 Å². The van der Waals surface area contributed by atoms with Gasteiger partial charge in [0.25, 0.3) is 0 Å². The first kappa shape index (κ1) is 12.4. The smallest absolute Gasteiger partial charge is 0.298 e. The summed E-state index contributed by atoms with van der Waals surface area (Å²) in [6, 6.07) is 1.56. The monoisotopic (exact) mass is 230 g/mol. The van der Waals surface area contributed by atoms with Crippen molar-refractivity contribution in [2.45, 2.75) is 20.0 Å². The average Bonchev–Trinajstić information content (AvgIpc) is 2.14. The molecule has 0 amide bonds. The molecule has 0 aliphatic heterocycles. The molecule has 0 aliphatic carbocycles. The van der Waals surface area contributed by atoms with Gasteiger partial charge < -0.3 is 0 Å². The van der Waals surface area contributed by atoms with Gasteiger partial charge in [0, 0.05) is 11.1 Å². The topological polar surface area (TPSA) is 34.1 Å². The van der Waals surface area contributed by atoms with E-state index in [4.69, 9.17) is 0 Å². The fourth-order valence-corrected chi connectivity index (χ4v) is 1.55. The Morgan fingerprint density at radius 2 is 1.88 bits per heavy atom. The Balaban J connectivity index is 3.50. The van der Waals surface area contributed by atoms with Crippen LogP contribution in [0.15, 0.2) is 12.1 Å². The largest absolute Gasteiger partial charge is 0.416 e. The molecule has 0 saturated carbocycles. The Morgan fingerprint density at radius 1 is 1.31 bits per heavy atom. The van der Waals surface area contributed by atoms with Crippen LogP contribution in [0.4, 0.5) is 13.2 Å². The number of carbonyl (C=O) groups excluding carboxylic acids is 2. The summed E-state index contributed by atoms with van der Waals surface area (Å²) in [6.45, 7) is 2.58. The van der Waals surface area contributed by atoms with Crippen molar-refractivity contribution in [1.82, 2.24) is 0 Å². The van der Waals surface area contributed by atoms with Crippen LogP contribution in [0, 0.1) is 6.92 Å². The van der Waals surface area contributed by atoms with Gasteiger partial charge >= 0.3 is 6.18 Å². The van der Waals surface area contributed by atoms with Gasteiger partial charge in [0.15, 0.2) is 12.1 Å². The van der Waals surface area contributed by atoms with Gasteiger partial charge in [-0.2, -0.15) is 13.2 Å². The van der Waals surface area contributed by atoms with Crippen molar-refractivity contribution < 1.29 is 22.8 Å².